The number of hydrogen-bond donors (Lipinski definition) is 3. The Labute approximate surface area is 171 Å². The van der Waals surface area contributed by atoms with Crippen LogP contribution >= 0.6 is 0 Å². The van der Waals surface area contributed by atoms with Crippen LogP contribution in [-0.2, 0) is 25.5 Å². The number of amides is 2. The minimum absolute atomic E-state index is 0.323. The molecule has 1 aromatic rings. The van der Waals surface area contributed by atoms with Crippen LogP contribution in [0.5, 0.6) is 5.75 Å². The molecule has 1 aliphatic rings. The van der Waals surface area contributed by atoms with Crippen LogP contribution in [0.25, 0.3) is 0 Å². The zero-order chi connectivity index (χ0) is 21.4. The fraction of sp³-hybridized carbons (Fsp3) is 0.571. The Morgan fingerprint density at radius 1 is 1.10 bits per heavy atom. The summed E-state index contributed by atoms with van der Waals surface area (Å²) in [5.41, 5.74) is 1.83. The smallest absolute Gasteiger partial charge is 0.328 e. The fourth-order valence-electron chi connectivity index (χ4n) is 3.51. The first-order valence-electron chi connectivity index (χ1n) is 9.94. The van der Waals surface area contributed by atoms with Gasteiger partial charge in [0.25, 0.3) is 0 Å². The van der Waals surface area contributed by atoms with Crippen molar-refractivity contribution in [2.45, 2.75) is 57.2 Å². The van der Waals surface area contributed by atoms with Crippen molar-refractivity contribution >= 4 is 17.8 Å². The monoisotopic (exact) mass is 405 g/mol. The number of carbonyl (C=O) groups is 3. The lowest BCUT2D eigenvalue weighted by atomic mass is 9.98. The van der Waals surface area contributed by atoms with E-state index in [0.29, 0.717) is 6.42 Å². The van der Waals surface area contributed by atoms with Gasteiger partial charge in [-0.3, -0.25) is 9.59 Å². The molecular weight excluding hydrogens is 374 g/mol. The van der Waals surface area contributed by atoms with Gasteiger partial charge in [-0.25, -0.2) is 4.79 Å². The van der Waals surface area contributed by atoms with Crippen LogP contribution in [0.2, 0.25) is 0 Å². The molecule has 8 heteroatoms. The Morgan fingerprint density at radius 3 is 2.52 bits per heavy atom. The van der Waals surface area contributed by atoms with E-state index in [1.54, 1.807) is 21.1 Å². The van der Waals surface area contributed by atoms with Crippen LogP contribution in [0.15, 0.2) is 18.2 Å². The molecule has 1 aliphatic heterocycles. The van der Waals surface area contributed by atoms with E-state index in [1.807, 2.05) is 18.2 Å². The number of esters is 1. The summed E-state index contributed by atoms with van der Waals surface area (Å²) in [6.07, 6.45) is 3.82. The normalized spacial score (nSPS) is 23.8. The van der Waals surface area contributed by atoms with Gasteiger partial charge in [-0.1, -0.05) is 25.0 Å². The number of rotatable bonds is 3. The highest BCUT2D eigenvalue weighted by molar-refractivity contribution is 5.92. The molecule has 0 spiro atoms. The van der Waals surface area contributed by atoms with Gasteiger partial charge in [0.2, 0.25) is 11.8 Å². The van der Waals surface area contributed by atoms with Crippen LogP contribution in [-0.4, -0.2) is 51.1 Å². The molecule has 0 radical (unpaired) electrons. The van der Waals surface area contributed by atoms with Gasteiger partial charge in [0.05, 0.1) is 14.2 Å². The largest absolute Gasteiger partial charge is 0.496 e. The number of benzene rings is 1. The van der Waals surface area contributed by atoms with Crippen molar-refractivity contribution in [1.29, 1.82) is 0 Å². The topological polar surface area (TPSA) is 106 Å². The number of nitrogens with one attached hydrogen (secondary N) is 3. The summed E-state index contributed by atoms with van der Waals surface area (Å²) in [4.78, 5) is 37.3. The van der Waals surface area contributed by atoms with Crippen LogP contribution in [0.1, 0.15) is 49.8 Å². The molecule has 3 atom stereocenters. The van der Waals surface area contributed by atoms with Gasteiger partial charge < -0.3 is 25.4 Å². The highest BCUT2D eigenvalue weighted by Gasteiger charge is 2.27. The zero-order valence-corrected chi connectivity index (χ0v) is 17.5. The van der Waals surface area contributed by atoms with Crippen LogP contribution in [0.4, 0.5) is 0 Å². The Hall–Kier alpha value is -2.61. The Bertz CT molecular complexity index is 737. The van der Waals surface area contributed by atoms with E-state index in [4.69, 9.17) is 9.47 Å². The summed E-state index contributed by atoms with van der Waals surface area (Å²) in [5, 5.41) is 8.42. The summed E-state index contributed by atoms with van der Waals surface area (Å²) in [5.74, 6) is -0.446. The molecule has 0 saturated carbocycles. The highest BCUT2D eigenvalue weighted by atomic mass is 16.5. The Balaban J connectivity index is 2.31. The number of ether oxygens (including phenoxy) is 2. The molecule has 160 valence electrons. The van der Waals surface area contributed by atoms with Gasteiger partial charge in [0.15, 0.2) is 0 Å². The van der Waals surface area contributed by atoms with Crippen LogP contribution < -0.4 is 20.7 Å². The van der Waals surface area contributed by atoms with E-state index in [1.165, 1.54) is 7.11 Å². The van der Waals surface area contributed by atoms with Gasteiger partial charge in [-0.05, 0) is 50.4 Å². The number of methoxy groups -OCH3 is 2. The van der Waals surface area contributed by atoms with E-state index >= 15 is 0 Å². The number of carbonyl (C=O) groups excluding carboxylic acids is 3. The first-order chi connectivity index (χ1) is 13.9. The predicted octanol–water partition coefficient (Wildman–Crippen LogP) is 1.23. The molecule has 0 unspecified atom stereocenters. The number of aryl methyl sites for hydroxylation is 1. The lowest BCUT2D eigenvalue weighted by Gasteiger charge is -2.22. The molecule has 3 N–H and O–H groups in total. The quantitative estimate of drug-likeness (QED) is 0.654. The molecule has 2 amide bonds. The SMILES string of the molecule is CN[C@@H]1C(=O)N[C@@H](C)C(=O)N[C@H](C(=O)OC)CCCCCc2cc1ccc2OC. The van der Waals surface area contributed by atoms with Crippen LogP contribution in [0, 0.1) is 0 Å². The Morgan fingerprint density at radius 2 is 1.86 bits per heavy atom. The third-order valence-corrected chi connectivity index (χ3v) is 5.18. The van der Waals surface area contributed by atoms with E-state index in [2.05, 4.69) is 16.0 Å². The number of likely N-dealkylation sites (N-methyl/N-ethyl adjacent to an activating group) is 1. The van der Waals surface area contributed by atoms with E-state index in [-0.39, 0.29) is 5.91 Å². The van der Waals surface area contributed by atoms with Crippen molar-refractivity contribution in [3.8, 4) is 5.75 Å². The summed E-state index contributed by atoms with van der Waals surface area (Å²) in [6, 6.07) is 3.54. The first kappa shape index (κ1) is 22.7. The molecule has 8 nitrogen and oxygen atoms in total. The van der Waals surface area contributed by atoms with Crippen LogP contribution in [0.3, 0.4) is 0 Å². The van der Waals surface area contributed by atoms with Gasteiger partial charge in [-0.2, -0.15) is 0 Å². The minimum atomic E-state index is -0.798. The molecule has 0 aromatic heterocycles. The standard InChI is InChI=1S/C21H31N3O5/c1-13-19(25)24-16(21(27)29-4)9-7-5-6-8-14-12-15(10-11-17(14)28-3)18(22-2)20(26)23-13/h10-13,16,18,22H,5-9H2,1-4H3,(H,23,26)(H,24,25)/t13-,16-,18-/m0/s1. The Kier molecular flexibility index (Phi) is 8.45. The zero-order valence-electron chi connectivity index (χ0n) is 17.5. The van der Waals surface area contributed by atoms with Crippen molar-refractivity contribution in [3.63, 3.8) is 0 Å². The second kappa shape index (κ2) is 10.8. The third kappa shape index (κ3) is 5.93. The molecule has 1 heterocycles. The summed E-state index contributed by atoms with van der Waals surface area (Å²) in [6.45, 7) is 1.59. The van der Waals surface area contributed by atoms with Crippen molar-refractivity contribution in [1.82, 2.24) is 16.0 Å². The van der Waals surface area contributed by atoms with E-state index < -0.39 is 30.0 Å². The summed E-state index contributed by atoms with van der Waals surface area (Å²) in [7, 11) is 4.62. The number of hydrogen-bond acceptors (Lipinski definition) is 6. The molecule has 1 aromatic carbocycles. The molecule has 29 heavy (non-hydrogen) atoms. The summed E-state index contributed by atoms with van der Waals surface area (Å²) >= 11 is 0. The molecule has 0 saturated heterocycles. The summed E-state index contributed by atoms with van der Waals surface area (Å²) < 4.78 is 10.3. The van der Waals surface area contributed by atoms with E-state index in [0.717, 1.165) is 42.6 Å². The minimum Gasteiger partial charge on any atom is -0.496 e. The van der Waals surface area contributed by atoms with Gasteiger partial charge in [0, 0.05) is 0 Å². The van der Waals surface area contributed by atoms with E-state index in [9.17, 15) is 14.4 Å². The van der Waals surface area contributed by atoms with Crippen molar-refractivity contribution < 1.29 is 23.9 Å². The maximum absolute atomic E-state index is 12.8. The second-order valence-corrected chi connectivity index (χ2v) is 7.21. The van der Waals surface area contributed by atoms with Crippen molar-refractivity contribution in [2.24, 2.45) is 0 Å². The molecule has 2 bridgehead atoms. The molecule has 0 fully saturated rings. The lowest BCUT2D eigenvalue weighted by molar-refractivity contribution is -0.145. The predicted molar refractivity (Wildman–Crippen MR) is 109 cm³/mol. The van der Waals surface area contributed by atoms with Crippen molar-refractivity contribution in [2.75, 3.05) is 21.3 Å². The van der Waals surface area contributed by atoms with Gasteiger partial charge in [0.1, 0.15) is 23.9 Å². The average Bonchev–Trinajstić information content (AvgIpc) is 2.72. The molecular formula is C21H31N3O5. The maximum Gasteiger partial charge on any atom is 0.328 e. The van der Waals surface area contributed by atoms with Gasteiger partial charge >= 0.3 is 5.97 Å². The second-order valence-electron chi connectivity index (χ2n) is 7.21. The van der Waals surface area contributed by atoms with Crippen molar-refractivity contribution in [3.05, 3.63) is 29.3 Å². The average molecular weight is 405 g/mol. The fourth-order valence-corrected chi connectivity index (χ4v) is 3.51. The highest BCUT2D eigenvalue weighted by Crippen LogP contribution is 2.26. The van der Waals surface area contributed by atoms with Gasteiger partial charge in [-0.15, -0.1) is 0 Å². The molecule has 0 aliphatic carbocycles. The lowest BCUT2D eigenvalue weighted by Crippen LogP contribution is -2.52. The number of fused-ring (bicyclic) bond motifs is 2. The molecule has 2 rings (SSSR count). The third-order valence-electron chi connectivity index (χ3n) is 5.18. The maximum atomic E-state index is 12.8. The first-order valence-corrected chi connectivity index (χ1v) is 9.94.